The Morgan fingerprint density at radius 1 is 1.20 bits per heavy atom. The van der Waals surface area contributed by atoms with E-state index >= 15 is 0 Å². The van der Waals surface area contributed by atoms with Crippen molar-refractivity contribution in [1.29, 1.82) is 0 Å². The van der Waals surface area contributed by atoms with E-state index in [1.807, 2.05) is 39.1 Å². The van der Waals surface area contributed by atoms with Crippen LogP contribution in [0, 0.1) is 6.92 Å². The van der Waals surface area contributed by atoms with Gasteiger partial charge >= 0.3 is 6.09 Å². The molecule has 0 aliphatic carbocycles. The number of amides is 1. The van der Waals surface area contributed by atoms with Crippen molar-refractivity contribution >= 4 is 6.09 Å². The molecule has 0 bridgehead atoms. The van der Waals surface area contributed by atoms with E-state index in [1.165, 1.54) is 5.56 Å². The normalized spacial score (nSPS) is 16.1. The number of aryl methyl sites for hydroxylation is 1. The number of nitrogens with zero attached hydrogens (tertiary/aromatic N) is 2. The summed E-state index contributed by atoms with van der Waals surface area (Å²) < 4.78 is 11.4. The molecule has 134 valence electrons. The number of benzene rings is 1. The highest BCUT2D eigenvalue weighted by Crippen LogP contribution is 2.31. The molecule has 1 aromatic carbocycles. The summed E-state index contributed by atoms with van der Waals surface area (Å²) in [6.45, 7) is 9.08. The minimum Gasteiger partial charge on any atom is -0.444 e. The van der Waals surface area contributed by atoms with Gasteiger partial charge in [0.2, 0.25) is 5.89 Å². The first-order chi connectivity index (χ1) is 11.8. The summed E-state index contributed by atoms with van der Waals surface area (Å²) >= 11 is 0. The molecule has 0 radical (unpaired) electrons. The number of carbonyl (C=O) groups is 1. The molecule has 1 fully saturated rings. The first kappa shape index (κ1) is 17.5. The number of ether oxygens (including phenoxy) is 1. The first-order valence-electron chi connectivity index (χ1n) is 8.82. The molecule has 25 heavy (non-hydrogen) atoms. The fourth-order valence-corrected chi connectivity index (χ4v) is 2.98. The zero-order valence-corrected chi connectivity index (χ0v) is 15.4. The number of carbonyl (C=O) groups excluding carboxylic acids is 1. The maximum atomic E-state index is 12.1. The Morgan fingerprint density at radius 2 is 1.84 bits per heavy atom. The van der Waals surface area contributed by atoms with Crippen LogP contribution in [0.15, 0.2) is 34.9 Å². The summed E-state index contributed by atoms with van der Waals surface area (Å²) in [5, 5.41) is 0. The van der Waals surface area contributed by atoms with Crippen molar-refractivity contribution in [3.05, 3.63) is 41.8 Å². The Hall–Kier alpha value is -2.30. The Balaban J connectivity index is 1.60. The van der Waals surface area contributed by atoms with E-state index < -0.39 is 5.60 Å². The number of likely N-dealkylation sites (tertiary alicyclic amines) is 1. The third-order valence-corrected chi connectivity index (χ3v) is 4.37. The van der Waals surface area contributed by atoms with Gasteiger partial charge in [0.25, 0.3) is 0 Å². The van der Waals surface area contributed by atoms with E-state index in [-0.39, 0.29) is 6.09 Å². The molecule has 0 N–H and O–H groups in total. The van der Waals surface area contributed by atoms with Crippen molar-refractivity contribution in [2.75, 3.05) is 13.1 Å². The zero-order valence-electron chi connectivity index (χ0n) is 15.4. The molecule has 0 unspecified atom stereocenters. The number of hydrogen-bond acceptors (Lipinski definition) is 4. The number of piperidine rings is 1. The van der Waals surface area contributed by atoms with Gasteiger partial charge in [-0.05, 0) is 52.7 Å². The van der Waals surface area contributed by atoms with Crippen molar-refractivity contribution in [2.45, 2.75) is 52.1 Å². The summed E-state index contributed by atoms with van der Waals surface area (Å²) in [6, 6.07) is 8.16. The number of hydrogen-bond donors (Lipinski definition) is 0. The van der Waals surface area contributed by atoms with Crippen molar-refractivity contribution < 1.29 is 13.9 Å². The second-order valence-electron chi connectivity index (χ2n) is 7.68. The fraction of sp³-hybridized carbons (Fsp3) is 0.500. The van der Waals surface area contributed by atoms with Crippen LogP contribution in [0.4, 0.5) is 4.79 Å². The minimum atomic E-state index is -0.457. The molecular weight excluding hydrogens is 316 g/mol. The van der Waals surface area contributed by atoms with Gasteiger partial charge in [-0.25, -0.2) is 9.78 Å². The van der Waals surface area contributed by atoms with Crippen LogP contribution < -0.4 is 0 Å². The van der Waals surface area contributed by atoms with Gasteiger partial charge in [-0.15, -0.1) is 0 Å². The number of rotatable bonds is 2. The SMILES string of the molecule is Cc1ccc(-c2ncc(C3CCN(C(=O)OC(C)(C)C)CC3)o2)cc1. The molecule has 1 saturated heterocycles. The quantitative estimate of drug-likeness (QED) is 0.789. The van der Waals surface area contributed by atoms with Crippen molar-refractivity contribution in [3.63, 3.8) is 0 Å². The lowest BCUT2D eigenvalue weighted by molar-refractivity contribution is 0.0200. The van der Waals surface area contributed by atoms with E-state index in [2.05, 4.69) is 24.0 Å². The molecule has 1 aromatic heterocycles. The van der Waals surface area contributed by atoms with Gasteiger partial charge in [0.05, 0.1) is 6.20 Å². The van der Waals surface area contributed by atoms with E-state index in [4.69, 9.17) is 9.15 Å². The smallest absolute Gasteiger partial charge is 0.410 e. The van der Waals surface area contributed by atoms with Crippen LogP contribution in [0.1, 0.15) is 50.9 Å². The molecule has 0 spiro atoms. The molecule has 2 heterocycles. The Kier molecular flexibility index (Phi) is 4.84. The number of aromatic nitrogens is 1. The maximum Gasteiger partial charge on any atom is 0.410 e. The average Bonchev–Trinajstić information content (AvgIpc) is 3.04. The van der Waals surface area contributed by atoms with Crippen LogP contribution in [0.25, 0.3) is 11.5 Å². The third-order valence-electron chi connectivity index (χ3n) is 4.37. The van der Waals surface area contributed by atoms with Gasteiger partial charge in [-0.1, -0.05) is 17.7 Å². The molecule has 0 saturated carbocycles. The molecule has 0 atom stereocenters. The standard InChI is InChI=1S/C20H26N2O3/c1-14-5-7-16(8-6-14)18-21-13-17(24-18)15-9-11-22(12-10-15)19(23)25-20(2,3)4/h5-8,13,15H,9-12H2,1-4H3. The average molecular weight is 342 g/mol. The summed E-state index contributed by atoms with van der Waals surface area (Å²) in [5.74, 6) is 1.86. The third kappa shape index (κ3) is 4.41. The lowest BCUT2D eigenvalue weighted by Crippen LogP contribution is -2.41. The lowest BCUT2D eigenvalue weighted by Gasteiger charge is -2.32. The molecule has 2 aromatic rings. The molecule has 3 rings (SSSR count). The predicted octanol–water partition coefficient (Wildman–Crippen LogP) is 4.76. The van der Waals surface area contributed by atoms with Crippen LogP contribution in [0.3, 0.4) is 0 Å². The molecule has 1 amide bonds. The zero-order chi connectivity index (χ0) is 18.0. The van der Waals surface area contributed by atoms with E-state index in [0.29, 0.717) is 24.9 Å². The van der Waals surface area contributed by atoms with Crippen LogP contribution in [-0.4, -0.2) is 34.7 Å². The van der Waals surface area contributed by atoms with Crippen LogP contribution in [-0.2, 0) is 4.74 Å². The second kappa shape index (κ2) is 6.90. The second-order valence-corrected chi connectivity index (χ2v) is 7.68. The summed E-state index contributed by atoms with van der Waals surface area (Å²) in [5.41, 5.74) is 1.75. The molecule has 5 nitrogen and oxygen atoms in total. The Morgan fingerprint density at radius 3 is 2.44 bits per heavy atom. The van der Waals surface area contributed by atoms with Crippen molar-refractivity contribution in [1.82, 2.24) is 9.88 Å². The molecular formula is C20H26N2O3. The van der Waals surface area contributed by atoms with E-state index in [0.717, 1.165) is 24.2 Å². The van der Waals surface area contributed by atoms with Crippen LogP contribution in [0.5, 0.6) is 0 Å². The summed E-state index contributed by atoms with van der Waals surface area (Å²) in [7, 11) is 0. The Labute approximate surface area is 149 Å². The van der Waals surface area contributed by atoms with Crippen LogP contribution >= 0.6 is 0 Å². The minimum absolute atomic E-state index is 0.233. The summed E-state index contributed by atoms with van der Waals surface area (Å²) in [6.07, 6.45) is 3.32. The van der Waals surface area contributed by atoms with Gasteiger partial charge in [0.15, 0.2) is 0 Å². The van der Waals surface area contributed by atoms with Crippen molar-refractivity contribution in [3.8, 4) is 11.5 Å². The van der Waals surface area contributed by atoms with Gasteiger partial charge in [0.1, 0.15) is 11.4 Å². The van der Waals surface area contributed by atoms with E-state index in [9.17, 15) is 4.79 Å². The fourth-order valence-electron chi connectivity index (χ4n) is 2.98. The lowest BCUT2D eigenvalue weighted by atomic mass is 9.95. The topological polar surface area (TPSA) is 55.6 Å². The van der Waals surface area contributed by atoms with Gasteiger partial charge in [0, 0.05) is 24.6 Å². The monoisotopic (exact) mass is 342 g/mol. The predicted molar refractivity (Wildman–Crippen MR) is 96.5 cm³/mol. The molecule has 5 heteroatoms. The van der Waals surface area contributed by atoms with Gasteiger partial charge in [-0.2, -0.15) is 0 Å². The number of oxazole rings is 1. The highest BCUT2D eigenvalue weighted by Gasteiger charge is 2.29. The molecule has 1 aliphatic heterocycles. The van der Waals surface area contributed by atoms with Gasteiger partial charge < -0.3 is 14.1 Å². The summed E-state index contributed by atoms with van der Waals surface area (Å²) in [4.78, 5) is 18.3. The first-order valence-corrected chi connectivity index (χ1v) is 8.82. The highest BCUT2D eigenvalue weighted by atomic mass is 16.6. The van der Waals surface area contributed by atoms with Crippen LogP contribution in [0.2, 0.25) is 0 Å². The van der Waals surface area contributed by atoms with Gasteiger partial charge in [-0.3, -0.25) is 0 Å². The van der Waals surface area contributed by atoms with E-state index in [1.54, 1.807) is 4.90 Å². The largest absolute Gasteiger partial charge is 0.444 e. The maximum absolute atomic E-state index is 12.1. The Bertz CT molecular complexity index is 720. The van der Waals surface area contributed by atoms with Crippen molar-refractivity contribution in [2.24, 2.45) is 0 Å². The molecule has 1 aliphatic rings. The highest BCUT2D eigenvalue weighted by molar-refractivity contribution is 5.68.